The van der Waals surface area contributed by atoms with E-state index in [2.05, 4.69) is 9.82 Å². The van der Waals surface area contributed by atoms with Gasteiger partial charge in [0.1, 0.15) is 4.90 Å². The SMILES string of the molecule is Cc1nn(-c2ccccc2)cc1S(=O)(=O)Nc1cccc(Cl)c1. The second-order valence-corrected chi connectivity index (χ2v) is 7.06. The number of anilines is 1. The highest BCUT2D eigenvalue weighted by atomic mass is 35.5. The molecule has 7 heteroatoms. The molecule has 0 aliphatic heterocycles. The third-order valence-electron chi connectivity index (χ3n) is 3.24. The number of halogens is 1. The Labute approximate surface area is 139 Å². The van der Waals surface area contributed by atoms with Crippen molar-refractivity contribution in [2.75, 3.05) is 4.72 Å². The number of nitrogens with zero attached hydrogens (tertiary/aromatic N) is 2. The van der Waals surface area contributed by atoms with Crippen LogP contribution in [0.15, 0.2) is 65.7 Å². The average molecular weight is 348 g/mol. The number of para-hydroxylation sites is 1. The Morgan fingerprint density at radius 1 is 1.09 bits per heavy atom. The number of benzene rings is 2. The fraction of sp³-hybridized carbons (Fsp3) is 0.0625. The Bertz CT molecular complexity index is 937. The minimum absolute atomic E-state index is 0.126. The molecule has 2 aromatic carbocycles. The number of nitrogens with one attached hydrogen (secondary N) is 1. The van der Waals surface area contributed by atoms with Crippen LogP contribution in [0.3, 0.4) is 0 Å². The van der Waals surface area contributed by atoms with E-state index in [-0.39, 0.29) is 4.90 Å². The molecule has 0 fully saturated rings. The van der Waals surface area contributed by atoms with E-state index in [0.29, 0.717) is 16.4 Å². The Balaban J connectivity index is 1.96. The normalized spacial score (nSPS) is 11.4. The van der Waals surface area contributed by atoms with Crippen LogP contribution >= 0.6 is 11.6 Å². The van der Waals surface area contributed by atoms with Gasteiger partial charge >= 0.3 is 0 Å². The minimum Gasteiger partial charge on any atom is -0.279 e. The van der Waals surface area contributed by atoms with Crippen LogP contribution < -0.4 is 4.72 Å². The zero-order valence-electron chi connectivity index (χ0n) is 12.3. The highest BCUT2D eigenvalue weighted by molar-refractivity contribution is 7.92. The van der Waals surface area contributed by atoms with Crippen LogP contribution in [0, 0.1) is 6.92 Å². The van der Waals surface area contributed by atoms with Crippen molar-refractivity contribution >= 4 is 27.3 Å². The summed E-state index contributed by atoms with van der Waals surface area (Å²) in [6, 6.07) is 15.9. The van der Waals surface area contributed by atoms with Gasteiger partial charge < -0.3 is 0 Å². The fourth-order valence-corrected chi connectivity index (χ4v) is 3.59. The van der Waals surface area contributed by atoms with Gasteiger partial charge in [0.2, 0.25) is 0 Å². The first-order valence-corrected chi connectivity index (χ1v) is 8.72. The Morgan fingerprint density at radius 2 is 1.83 bits per heavy atom. The summed E-state index contributed by atoms with van der Waals surface area (Å²) < 4.78 is 29.2. The molecule has 0 saturated heterocycles. The van der Waals surface area contributed by atoms with Crippen molar-refractivity contribution < 1.29 is 8.42 Å². The van der Waals surface area contributed by atoms with Crippen LogP contribution in [0.2, 0.25) is 5.02 Å². The van der Waals surface area contributed by atoms with Gasteiger partial charge in [-0.05, 0) is 37.3 Å². The van der Waals surface area contributed by atoms with Crippen molar-refractivity contribution in [2.45, 2.75) is 11.8 Å². The van der Waals surface area contributed by atoms with E-state index in [1.165, 1.54) is 6.20 Å². The summed E-state index contributed by atoms with van der Waals surface area (Å²) in [5, 5.41) is 4.74. The molecule has 1 aromatic heterocycles. The van der Waals surface area contributed by atoms with Gasteiger partial charge in [-0.25, -0.2) is 13.1 Å². The van der Waals surface area contributed by atoms with E-state index in [0.717, 1.165) is 5.69 Å². The van der Waals surface area contributed by atoms with Crippen LogP contribution in [0.5, 0.6) is 0 Å². The zero-order chi connectivity index (χ0) is 16.4. The minimum atomic E-state index is -3.74. The highest BCUT2D eigenvalue weighted by Crippen LogP contribution is 2.22. The van der Waals surface area contributed by atoms with Crippen molar-refractivity contribution in [3.8, 4) is 5.69 Å². The molecular formula is C16H14ClN3O2S. The van der Waals surface area contributed by atoms with Crippen molar-refractivity contribution in [2.24, 2.45) is 0 Å². The highest BCUT2D eigenvalue weighted by Gasteiger charge is 2.21. The first-order valence-electron chi connectivity index (χ1n) is 6.86. The molecule has 0 amide bonds. The number of rotatable bonds is 4. The van der Waals surface area contributed by atoms with Crippen molar-refractivity contribution in [1.29, 1.82) is 0 Å². The van der Waals surface area contributed by atoms with Gasteiger partial charge in [0.05, 0.1) is 23.3 Å². The standard InChI is InChI=1S/C16H14ClN3O2S/c1-12-16(11-20(18-12)15-8-3-2-4-9-15)23(21,22)19-14-7-5-6-13(17)10-14/h2-11,19H,1H3. The molecule has 0 radical (unpaired) electrons. The molecule has 0 aliphatic rings. The van der Waals surface area contributed by atoms with Gasteiger partial charge in [-0.15, -0.1) is 0 Å². The van der Waals surface area contributed by atoms with E-state index >= 15 is 0 Å². The zero-order valence-corrected chi connectivity index (χ0v) is 13.8. The lowest BCUT2D eigenvalue weighted by Gasteiger charge is -2.07. The maximum Gasteiger partial charge on any atom is 0.265 e. The van der Waals surface area contributed by atoms with E-state index < -0.39 is 10.0 Å². The number of hydrogen-bond acceptors (Lipinski definition) is 3. The molecule has 0 bridgehead atoms. The Kier molecular flexibility index (Phi) is 4.11. The third-order valence-corrected chi connectivity index (χ3v) is 4.96. The maximum atomic E-state index is 12.6. The van der Waals surface area contributed by atoms with Crippen molar-refractivity contribution in [1.82, 2.24) is 9.78 Å². The predicted octanol–water partition coefficient (Wildman–Crippen LogP) is 3.63. The average Bonchev–Trinajstić information content (AvgIpc) is 2.91. The van der Waals surface area contributed by atoms with Crippen LogP contribution in [0.25, 0.3) is 5.69 Å². The van der Waals surface area contributed by atoms with E-state index in [4.69, 9.17) is 11.6 Å². The van der Waals surface area contributed by atoms with Gasteiger partial charge in [0, 0.05) is 5.02 Å². The summed E-state index contributed by atoms with van der Waals surface area (Å²) in [6.07, 6.45) is 1.50. The van der Waals surface area contributed by atoms with E-state index in [9.17, 15) is 8.42 Å². The topological polar surface area (TPSA) is 64.0 Å². The molecule has 5 nitrogen and oxygen atoms in total. The summed E-state index contributed by atoms with van der Waals surface area (Å²) >= 11 is 5.88. The Hall–Kier alpha value is -2.31. The lowest BCUT2D eigenvalue weighted by atomic mass is 10.3. The fourth-order valence-electron chi connectivity index (χ4n) is 2.18. The summed E-state index contributed by atoms with van der Waals surface area (Å²) in [6.45, 7) is 1.66. The number of hydrogen-bond donors (Lipinski definition) is 1. The smallest absolute Gasteiger partial charge is 0.265 e. The number of aryl methyl sites for hydroxylation is 1. The molecule has 0 spiro atoms. The van der Waals surface area contributed by atoms with Crippen molar-refractivity contribution in [3.63, 3.8) is 0 Å². The summed E-state index contributed by atoms with van der Waals surface area (Å²) in [4.78, 5) is 0.126. The van der Waals surface area contributed by atoms with Gasteiger partial charge in [-0.2, -0.15) is 5.10 Å². The monoisotopic (exact) mass is 347 g/mol. The number of sulfonamides is 1. The van der Waals surface area contributed by atoms with Crippen LogP contribution in [0.1, 0.15) is 5.69 Å². The molecule has 1 heterocycles. The summed E-state index contributed by atoms with van der Waals surface area (Å²) in [5.74, 6) is 0. The van der Waals surface area contributed by atoms with Crippen LogP contribution in [-0.4, -0.2) is 18.2 Å². The number of aromatic nitrogens is 2. The lowest BCUT2D eigenvalue weighted by Crippen LogP contribution is -2.13. The molecule has 118 valence electrons. The van der Waals surface area contributed by atoms with Crippen molar-refractivity contribution in [3.05, 3.63) is 71.5 Å². The molecular weight excluding hydrogens is 334 g/mol. The second kappa shape index (κ2) is 6.06. The van der Waals surface area contributed by atoms with Crippen LogP contribution in [-0.2, 0) is 10.0 Å². The summed E-state index contributed by atoms with van der Waals surface area (Å²) in [5.41, 5.74) is 1.62. The van der Waals surface area contributed by atoms with E-state index in [1.54, 1.807) is 35.9 Å². The first-order chi connectivity index (χ1) is 11.0. The first kappa shape index (κ1) is 15.6. The summed E-state index contributed by atoms with van der Waals surface area (Å²) in [7, 11) is -3.74. The third kappa shape index (κ3) is 3.38. The van der Waals surface area contributed by atoms with Gasteiger partial charge in [-0.1, -0.05) is 35.9 Å². The molecule has 0 atom stereocenters. The van der Waals surface area contributed by atoms with E-state index in [1.807, 2.05) is 30.3 Å². The molecule has 3 rings (SSSR count). The van der Waals surface area contributed by atoms with Crippen LogP contribution in [0.4, 0.5) is 5.69 Å². The Morgan fingerprint density at radius 3 is 2.52 bits per heavy atom. The second-order valence-electron chi connectivity index (χ2n) is 4.97. The molecule has 23 heavy (non-hydrogen) atoms. The van der Waals surface area contributed by atoms with Gasteiger partial charge in [-0.3, -0.25) is 4.72 Å². The maximum absolute atomic E-state index is 12.6. The quantitative estimate of drug-likeness (QED) is 0.783. The molecule has 3 aromatic rings. The molecule has 0 saturated carbocycles. The molecule has 0 unspecified atom stereocenters. The lowest BCUT2D eigenvalue weighted by molar-refractivity contribution is 0.600. The van der Waals surface area contributed by atoms with Gasteiger partial charge in [0.15, 0.2) is 0 Å². The molecule has 0 aliphatic carbocycles. The predicted molar refractivity (Wildman–Crippen MR) is 90.6 cm³/mol. The van der Waals surface area contributed by atoms with Gasteiger partial charge in [0.25, 0.3) is 10.0 Å². The largest absolute Gasteiger partial charge is 0.279 e. The molecule has 1 N–H and O–H groups in total.